The van der Waals surface area contributed by atoms with E-state index < -0.39 is 10.0 Å². The monoisotopic (exact) mass is 513 g/mol. The third-order valence-corrected chi connectivity index (χ3v) is 9.21. The summed E-state index contributed by atoms with van der Waals surface area (Å²) in [5.74, 6) is 0.828. The van der Waals surface area contributed by atoms with E-state index in [1.165, 1.54) is 0 Å². The molecule has 35 heavy (non-hydrogen) atoms. The van der Waals surface area contributed by atoms with Gasteiger partial charge in [0.25, 0.3) is 0 Å². The van der Waals surface area contributed by atoms with E-state index >= 15 is 0 Å². The minimum Gasteiger partial charge on any atom is -0.494 e. The summed E-state index contributed by atoms with van der Waals surface area (Å²) in [7, 11) is -3.43. The van der Waals surface area contributed by atoms with Crippen molar-refractivity contribution in [3.05, 3.63) is 58.7 Å². The van der Waals surface area contributed by atoms with Gasteiger partial charge < -0.3 is 14.0 Å². The first-order valence-electron chi connectivity index (χ1n) is 12.2. The average molecular weight is 514 g/mol. The highest BCUT2D eigenvalue weighted by Gasteiger charge is 2.27. The molecular formula is C26H31N3O4S2. The molecule has 0 aliphatic carbocycles. The van der Waals surface area contributed by atoms with Crippen LogP contribution < -0.4 is 9.54 Å². The highest BCUT2D eigenvalue weighted by atomic mass is 32.2. The Morgan fingerprint density at radius 3 is 2.46 bits per heavy atom. The van der Waals surface area contributed by atoms with Crippen LogP contribution in [0.5, 0.6) is 5.75 Å². The number of hydrogen-bond acceptors (Lipinski definition) is 6. The molecule has 0 saturated carbocycles. The molecule has 1 unspecified atom stereocenters. The Labute approximate surface area is 210 Å². The molecule has 1 aromatic heterocycles. The Kier molecular flexibility index (Phi) is 7.38. The Hall–Kier alpha value is -2.46. The lowest BCUT2D eigenvalue weighted by Crippen LogP contribution is -2.27. The summed E-state index contributed by atoms with van der Waals surface area (Å²) in [6.45, 7) is 5.30. The van der Waals surface area contributed by atoms with Gasteiger partial charge in [0, 0.05) is 25.1 Å². The minimum absolute atomic E-state index is 0.150. The van der Waals surface area contributed by atoms with Crippen molar-refractivity contribution in [2.75, 3.05) is 26.3 Å². The molecule has 2 saturated heterocycles. The first-order valence-corrected chi connectivity index (χ1v) is 14.5. The molecule has 2 aliphatic heterocycles. The van der Waals surface area contributed by atoms with Crippen molar-refractivity contribution in [3.8, 4) is 17.0 Å². The number of nitrogens with zero attached hydrogens (tertiary/aromatic N) is 3. The van der Waals surface area contributed by atoms with Crippen molar-refractivity contribution < 1.29 is 17.9 Å². The molecule has 0 N–H and O–H groups in total. The zero-order valence-electron chi connectivity index (χ0n) is 19.9. The summed E-state index contributed by atoms with van der Waals surface area (Å²) < 4.78 is 41.1. The third-order valence-electron chi connectivity index (χ3n) is 6.43. The molecule has 0 spiro atoms. The van der Waals surface area contributed by atoms with Gasteiger partial charge in [0.2, 0.25) is 10.0 Å². The molecule has 3 heterocycles. The molecule has 2 aliphatic rings. The highest BCUT2D eigenvalue weighted by molar-refractivity contribution is 7.89. The first kappa shape index (κ1) is 24.2. The maximum Gasteiger partial charge on any atom is 0.243 e. The zero-order chi connectivity index (χ0) is 24.3. The van der Waals surface area contributed by atoms with Crippen molar-refractivity contribution >= 4 is 27.0 Å². The summed E-state index contributed by atoms with van der Waals surface area (Å²) >= 11 is 1.58. The number of ether oxygens (including phenoxy) is 2. The van der Waals surface area contributed by atoms with E-state index in [1.54, 1.807) is 27.8 Å². The lowest BCUT2D eigenvalue weighted by atomic mass is 10.1. The number of aromatic nitrogens is 1. The number of sulfonamides is 1. The van der Waals surface area contributed by atoms with Gasteiger partial charge >= 0.3 is 0 Å². The summed E-state index contributed by atoms with van der Waals surface area (Å²) in [6, 6.07) is 15.0. The molecular weight excluding hydrogens is 482 g/mol. The Morgan fingerprint density at radius 1 is 1.06 bits per heavy atom. The number of hydrogen-bond donors (Lipinski definition) is 0. The van der Waals surface area contributed by atoms with Crippen molar-refractivity contribution in [2.24, 2.45) is 4.99 Å². The van der Waals surface area contributed by atoms with Crippen molar-refractivity contribution in [3.63, 3.8) is 0 Å². The molecule has 0 radical (unpaired) electrons. The quantitative estimate of drug-likeness (QED) is 0.433. The number of benzene rings is 2. The van der Waals surface area contributed by atoms with E-state index in [0.29, 0.717) is 31.1 Å². The fourth-order valence-electron chi connectivity index (χ4n) is 4.59. The molecule has 0 bridgehead atoms. The number of thiazole rings is 1. The summed E-state index contributed by atoms with van der Waals surface area (Å²) in [4.78, 5) is 6.14. The van der Waals surface area contributed by atoms with E-state index in [-0.39, 0.29) is 6.10 Å². The normalized spacial score (nSPS) is 19.5. The second-order valence-corrected chi connectivity index (χ2v) is 11.6. The van der Waals surface area contributed by atoms with Crippen LogP contribution >= 0.6 is 11.3 Å². The predicted molar refractivity (Wildman–Crippen MR) is 138 cm³/mol. The lowest BCUT2D eigenvalue weighted by molar-refractivity contribution is 0.0968. The minimum atomic E-state index is -3.43. The van der Waals surface area contributed by atoms with Crippen LogP contribution in [-0.4, -0.2) is 49.7 Å². The maximum absolute atomic E-state index is 12.9. The van der Waals surface area contributed by atoms with Crippen LogP contribution in [0.25, 0.3) is 11.3 Å². The van der Waals surface area contributed by atoms with Gasteiger partial charge in [-0.25, -0.2) is 13.4 Å². The van der Waals surface area contributed by atoms with Crippen LogP contribution in [0.15, 0.2) is 63.8 Å². The van der Waals surface area contributed by atoms with Crippen LogP contribution in [0.2, 0.25) is 0 Å². The van der Waals surface area contributed by atoms with E-state index in [2.05, 4.69) is 9.95 Å². The van der Waals surface area contributed by atoms with Crippen LogP contribution in [0.1, 0.15) is 32.6 Å². The van der Waals surface area contributed by atoms with Crippen molar-refractivity contribution in [2.45, 2.75) is 50.2 Å². The lowest BCUT2D eigenvalue weighted by Gasteiger charge is -2.16. The molecule has 9 heteroatoms. The largest absolute Gasteiger partial charge is 0.494 e. The molecule has 3 aromatic rings. The van der Waals surface area contributed by atoms with Crippen LogP contribution in [-0.2, 0) is 21.3 Å². The first-order chi connectivity index (χ1) is 17.0. The van der Waals surface area contributed by atoms with Crippen molar-refractivity contribution in [1.82, 2.24) is 8.87 Å². The number of rotatable bonds is 8. The Bertz CT molecular complexity index is 1300. The van der Waals surface area contributed by atoms with Gasteiger partial charge in [0.15, 0.2) is 4.80 Å². The fraction of sp³-hybridized carbons (Fsp3) is 0.423. The fourth-order valence-corrected chi connectivity index (χ4v) is 7.04. The predicted octanol–water partition coefficient (Wildman–Crippen LogP) is 4.81. The SMILES string of the molecule is CCOc1ccc(N=c2scc(-c3ccc(S(=O)(=O)N4CCCC4)cc3)n2CC2CCCO2)cc1. The molecule has 2 fully saturated rings. The van der Waals surface area contributed by atoms with Gasteiger partial charge in [0.05, 0.1) is 35.5 Å². The van der Waals surface area contributed by atoms with E-state index in [4.69, 9.17) is 14.5 Å². The van der Waals surface area contributed by atoms with Gasteiger partial charge in [-0.1, -0.05) is 12.1 Å². The Balaban J connectivity index is 1.48. The van der Waals surface area contributed by atoms with Crippen LogP contribution in [0.4, 0.5) is 5.69 Å². The van der Waals surface area contributed by atoms with Crippen molar-refractivity contribution in [1.29, 1.82) is 0 Å². The molecule has 1 atom stereocenters. The second-order valence-electron chi connectivity index (χ2n) is 8.82. The van der Waals surface area contributed by atoms with Crippen LogP contribution in [0, 0.1) is 0 Å². The van der Waals surface area contributed by atoms with Gasteiger partial charge in [-0.15, -0.1) is 11.3 Å². The van der Waals surface area contributed by atoms with Gasteiger partial charge in [-0.05, 0) is 74.6 Å². The molecule has 2 aromatic carbocycles. The summed E-state index contributed by atoms with van der Waals surface area (Å²) in [5, 5.41) is 2.09. The molecule has 5 rings (SSSR count). The summed E-state index contributed by atoms with van der Waals surface area (Å²) in [5.41, 5.74) is 2.84. The van der Waals surface area contributed by atoms with Crippen LogP contribution in [0.3, 0.4) is 0 Å². The highest BCUT2D eigenvalue weighted by Crippen LogP contribution is 2.27. The smallest absolute Gasteiger partial charge is 0.243 e. The van der Waals surface area contributed by atoms with E-state index in [1.807, 2.05) is 43.3 Å². The standard InChI is InChI=1S/C26H31N3O4S2/c1-2-32-22-11-9-21(10-12-22)27-26-29(18-23-6-5-17-33-23)25(19-34-26)20-7-13-24(14-8-20)35(30,31)28-15-3-4-16-28/h7-14,19,23H,2-6,15-18H2,1H3. The van der Waals surface area contributed by atoms with E-state index in [9.17, 15) is 8.42 Å². The Morgan fingerprint density at radius 2 is 1.80 bits per heavy atom. The molecule has 7 nitrogen and oxygen atoms in total. The van der Waals surface area contributed by atoms with Gasteiger partial charge in [0.1, 0.15) is 5.75 Å². The molecule has 186 valence electrons. The topological polar surface area (TPSA) is 73.1 Å². The van der Waals surface area contributed by atoms with Gasteiger partial charge in [-0.3, -0.25) is 0 Å². The zero-order valence-corrected chi connectivity index (χ0v) is 21.6. The third kappa shape index (κ3) is 5.38. The summed E-state index contributed by atoms with van der Waals surface area (Å²) in [6.07, 6.45) is 4.10. The van der Waals surface area contributed by atoms with E-state index in [0.717, 1.165) is 59.8 Å². The second kappa shape index (κ2) is 10.7. The average Bonchev–Trinajstić information content (AvgIpc) is 3.65. The maximum atomic E-state index is 12.9. The van der Waals surface area contributed by atoms with Gasteiger partial charge in [-0.2, -0.15) is 4.31 Å². The molecule has 0 amide bonds.